The number of nitrogens with one attached hydrogen (secondary N) is 2. The van der Waals surface area contributed by atoms with E-state index >= 15 is 0 Å². The molecule has 1 aromatic carbocycles. The van der Waals surface area contributed by atoms with E-state index in [1.54, 1.807) is 18.4 Å². The Morgan fingerprint density at radius 2 is 2.00 bits per heavy atom. The second-order valence-electron chi connectivity index (χ2n) is 4.07. The predicted molar refractivity (Wildman–Crippen MR) is 77.7 cm³/mol. The van der Waals surface area contributed by atoms with Gasteiger partial charge in [0.15, 0.2) is 5.11 Å². The van der Waals surface area contributed by atoms with E-state index in [2.05, 4.69) is 10.6 Å². The van der Waals surface area contributed by atoms with Gasteiger partial charge in [-0.05, 0) is 55.0 Å². The van der Waals surface area contributed by atoms with Crippen molar-refractivity contribution in [1.29, 1.82) is 0 Å². The van der Waals surface area contributed by atoms with Crippen LogP contribution in [0.1, 0.15) is 12.2 Å². The maximum absolute atomic E-state index is 12.7. The van der Waals surface area contributed by atoms with Crippen LogP contribution in [0.4, 0.5) is 10.1 Å². The molecule has 1 aromatic heterocycles. The van der Waals surface area contributed by atoms with Crippen LogP contribution in [0.25, 0.3) is 0 Å². The summed E-state index contributed by atoms with van der Waals surface area (Å²) in [5.74, 6) is 0.710. The number of benzene rings is 1. The third-order valence-electron chi connectivity index (χ3n) is 2.57. The maximum atomic E-state index is 12.7. The van der Waals surface area contributed by atoms with Crippen LogP contribution in [0.15, 0.2) is 47.1 Å². The minimum absolute atomic E-state index is 0.261. The van der Waals surface area contributed by atoms with E-state index in [0.717, 1.165) is 30.8 Å². The highest BCUT2D eigenvalue weighted by Crippen LogP contribution is 2.08. The predicted octanol–water partition coefficient (Wildman–Crippen LogP) is 3.34. The molecule has 0 aliphatic heterocycles. The average molecular weight is 278 g/mol. The van der Waals surface area contributed by atoms with Crippen molar-refractivity contribution in [2.45, 2.75) is 12.8 Å². The molecule has 5 heteroatoms. The van der Waals surface area contributed by atoms with Crippen molar-refractivity contribution >= 4 is 23.0 Å². The fourth-order valence-corrected chi connectivity index (χ4v) is 1.85. The Hall–Kier alpha value is -1.88. The molecule has 0 amide bonds. The van der Waals surface area contributed by atoms with Gasteiger partial charge in [-0.15, -0.1) is 0 Å². The quantitative estimate of drug-likeness (QED) is 0.650. The van der Waals surface area contributed by atoms with Gasteiger partial charge in [0.1, 0.15) is 11.6 Å². The second-order valence-corrected chi connectivity index (χ2v) is 4.48. The minimum atomic E-state index is -0.261. The number of aryl methyl sites for hydroxylation is 1. The highest BCUT2D eigenvalue weighted by Gasteiger charge is 1.99. The number of thiocarbonyl (C=S) groups is 1. The number of halogens is 1. The molecule has 2 aromatic rings. The van der Waals surface area contributed by atoms with Crippen LogP contribution in [0.5, 0.6) is 0 Å². The normalized spacial score (nSPS) is 10.2. The molecule has 0 radical (unpaired) electrons. The van der Waals surface area contributed by atoms with E-state index in [4.69, 9.17) is 16.6 Å². The van der Waals surface area contributed by atoms with Gasteiger partial charge in [-0.25, -0.2) is 4.39 Å². The van der Waals surface area contributed by atoms with Crippen LogP contribution < -0.4 is 10.6 Å². The first-order valence-electron chi connectivity index (χ1n) is 6.07. The van der Waals surface area contributed by atoms with Crippen molar-refractivity contribution in [2.24, 2.45) is 0 Å². The maximum Gasteiger partial charge on any atom is 0.170 e. The van der Waals surface area contributed by atoms with Crippen molar-refractivity contribution in [3.05, 3.63) is 54.2 Å². The molecule has 1 heterocycles. The van der Waals surface area contributed by atoms with Gasteiger partial charge in [0.05, 0.1) is 6.26 Å². The molecular formula is C14H15FN2OS. The highest BCUT2D eigenvalue weighted by molar-refractivity contribution is 7.80. The lowest BCUT2D eigenvalue weighted by Gasteiger charge is -2.09. The number of anilines is 1. The van der Waals surface area contributed by atoms with E-state index < -0.39 is 0 Å². The summed E-state index contributed by atoms with van der Waals surface area (Å²) in [6.07, 6.45) is 3.47. The zero-order chi connectivity index (χ0) is 13.5. The lowest BCUT2D eigenvalue weighted by molar-refractivity contribution is 0.501. The van der Waals surface area contributed by atoms with E-state index in [0.29, 0.717) is 5.11 Å². The molecule has 3 nitrogen and oxygen atoms in total. The van der Waals surface area contributed by atoms with Gasteiger partial charge in [0.25, 0.3) is 0 Å². The molecule has 0 aliphatic carbocycles. The Balaban J connectivity index is 1.65. The molecule has 0 saturated carbocycles. The highest BCUT2D eigenvalue weighted by atomic mass is 32.1. The summed E-state index contributed by atoms with van der Waals surface area (Å²) >= 11 is 5.14. The molecule has 0 fully saturated rings. The van der Waals surface area contributed by atoms with Crippen molar-refractivity contribution in [1.82, 2.24) is 5.32 Å². The van der Waals surface area contributed by atoms with E-state index in [9.17, 15) is 4.39 Å². The van der Waals surface area contributed by atoms with E-state index in [-0.39, 0.29) is 5.82 Å². The van der Waals surface area contributed by atoms with Gasteiger partial charge in [0.2, 0.25) is 0 Å². The number of furan rings is 1. The van der Waals surface area contributed by atoms with Crippen molar-refractivity contribution in [3.63, 3.8) is 0 Å². The van der Waals surface area contributed by atoms with Crippen LogP contribution in [0.3, 0.4) is 0 Å². The van der Waals surface area contributed by atoms with Crippen molar-refractivity contribution in [2.75, 3.05) is 11.9 Å². The molecule has 2 N–H and O–H groups in total. The van der Waals surface area contributed by atoms with Gasteiger partial charge in [-0.3, -0.25) is 0 Å². The zero-order valence-corrected chi connectivity index (χ0v) is 11.2. The Bertz CT molecular complexity index is 511. The molecule has 0 saturated heterocycles. The molecule has 0 bridgehead atoms. The fourth-order valence-electron chi connectivity index (χ4n) is 1.63. The Morgan fingerprint density at radius 3 is 2.68 bits per heavy atom. The standard InChI is InChI=1S/C14H15FN2OS/c15-11-5-7-12(8-6-11)17-14(19)16-9-1-3-13-4-2-10-18-13/h2,4-8,10H,1,3,9H2,(H2,16,17,19). The zero-order valence-electron chi connectivity index (χ0n) is 10.4. The van der Waals surface area contributed by atoms with Crippen LogP contribution in [0.2, 0.25) is 0 Å². The van der Waals surface area contributed by atoms with Gasteiger partial charge in [0, 0.05) is 18.7 Å². The van der Waals surface area contributed by atoms with Gasteiger partial charge < -0.3 is 15.1 Å². The van der Waals surface area contributed by atoms with E-state index in [1.165, 1.54) is 12.1 Å². The molecule has 0 atom stereocenters. The van der Waals surface area contributed by atoms with Crippen molar-refractivity contribution < 1.29 is 8.81 Å². The van der Waals surface area contributed by atoms with Gasteiger partial charge >= 0.3 is 0 Å². The minimum Gasteiger partial charge on any atom is -0.469 e. The molecule has 2 rings (SSSR count). The third kappa shape index (κ3) is 4.71. The second kappa shape index (κ2) is 6.89. The Morgan fingerprint density at radius 1 is 1.21 bits per heavy atom. The van der Waals surface area contributed by atoms with Crippen LogP contribution in [-0.2, 0) is 6.42 Å². The van der Waals surface area contributed by atoms with Crippen LogP contribution in [-0.4, -0.2) is 11.7 Å². The van der Waals surface area contributed by atoms with Gasteiger partial charge in [-0.1, -0.05) is 0 Å². The van der Waals surface area contributed by atoms with Crippen LogP contribution in [0, 0.1) is 5.82 Å². The number of hydrogen-bond donors (Lipinski definition) is 2. The smallest absolute Gasteiger partial charge is 0.170 e. The summed E-state index contributed by atoms with van der Waals surface area (Å²) in [5.41, 5.74) is 0.768. The third-order valence-corrected chi connectivity index (χ3v) is 2.81. The summed E-state index contributed by atoms with van der Waals surface area (Å²) in [4.78, 5) is 0. The number of rotatable bonds is 5. The van der Waals surface area contributed by atoms with Crippen LogP contribution >= 0.6 is 12.2 Å². The Kier molecular flexibility index (Phi) is 4.92. The summed E-state index contributed by atoms with van der Waals surface area (Å²) in [5, 5.41) is 6.62. The first-order chi connectivity index (χ1) is 9.24. The average Bonchev–Trinajstić information content (AvgIpc) is 2.91. The SMILES string of the molecule is Fc1ccc(NC(=S)NCCCc2ccco2)cc1. The molecule has 100 valence electrons. The summed E-state index contributed by atoms with van der Waals surface area (Å²) in [6, 6.07) is 9.90. The lowest BCUT2D eigenvalue weighted by atomic mass is 10.2. The summed E-state index contributed by atoms with van der Waals surface area (Å²) < 4.78 is 18.0. The Labute approximate surface area is 116 Å². The van der Waals surface area contributed by atoms with E-state index in [1.807, 2.05) is 12.1 Å². The molecule has 19 heavy (non-hydrogen) atoms. The topological polar surface area (TPSA) is 37.2 Å². The molecule has 0 spiro atoms. The monoisotopic (exact) mass is 278 g/mol. The largest absolute Gasteiger partial charge is 0.469 e. The van der Waals surface area contributed by atoms with Crippen molar-refractivity contribution in [3.8, 4) is 0 Å². The summed E-state index contributed by atoms with van der Waals surface area (Å²) in [6.45, 7) is 0.758. The molecular weight excluding hydrogens is 263 g/mol. The number of hydrogen-bond acceptors (Lipinski definition) is 2. The first-order valence-corrected chi connectivity index (χ1v) is 6.47. The fraction of sp³-hybridized carbons (Fsp3) is 0.214. The van der Waals surface area contributed by atoms with Gasteiger partial charge in [-0.2, -0.15) is 0 Å². The summed E-state index contributed by atoms with van der Waals surface area (Å²) in [7, 11) is 0. The lowest BCUT2D eigenvalue weighted by Crippen LogP contribution is -2.29. The molecule has 0 aliphatic rings. The first kappa shape index (κ1) is 13.5. The molecule has 0 unspecified atom stereocenters.